The summed E-state index contributed by atoms with van der Waals surface area (Å²) in [6.07, 6.45) is 1.56. The highest BCUT2D eigenvalue weighted by Gasteiger charge is 2.15. The summed E-state index contributed by atoms with van der Waals surface area (Å²) >= 11 is 7.71. The molecule has 0 saturated heterocycles. The molecule has 0 fully saturated rings. The van der Waals surface area contributed by atoms with Crippen molar-refractivity contribution < 1.29 is 9.53 Å². The van der Waals surface area contributed by atoms with Gasteiger partial charge in [0.15, 0.2) is 6.73 Å². The number of hydrogen-bond donors (Lipinski definition) is 1. The van der Waals surface area contributed by atoms with Gasteiger partial charge in [-0.05, 0) is 42.5 Å². The van der Waals surface area contributed by atoms with Crippen LogP contribution >= 0.6 is 23.4 Å². The van der Waals surface area contributed by atoms with Crippen LogP contribution in [0.5, 0.6) is 5.75 Å². The Kier molecular flexibility index (Phi) is 6.37. The molecule has 7 heteroatoms. The minimum absolute atomic E-state index is 0.0693. The van der Waals surface area contributed by atoms with Crippen molar-refractivity contribution in [1.82, 2.24) is 9.78 Å². The summed E-state index contributed by atoms with van der Waals surface area (Å²) in [5.74, 6) is 0.266. The van der Waals surface area contributed by atoms with Crippen molar-refractivity contribution in [2.75, 3.05) is 5.32 Å². The SMILES string of the molecule is O=C(Nc1ccccc1Sc1ccccc1)c1ccnn1COc1ccccc1Cl. The maximum Gasteiger partial charge on any atom is 0.274 e. The third-order valence-electron chi connectivity index (χ3n) is 4.23. The van der Waals surface area contributed by atoms with E-state index in [4.69, 9.17) is 16.3 Å². The fourth-order valence-electron chi connectivity index (χ4n) is 2.78. The second-order valence-corrected chi connectivity index (χ2v) is 7.81. The number of para-hydroxylation sites is 2. The number of benzene rings is 3. The Hall–Kier alpha value is -3.22. The summed E-state index contributed by atoms with van der Waals surface area (Å²) in [6.45, 7) is 0.0693. The maximum absolute atomic E-state index is 12.9. The Morgan fingerprint density at radius 3 is 2.53 bits per heavy atom. The number of anilines is 1. The quantitative estimate of drug-likeness (QED) is 0.388. The third-order valence-corrected chi connectivity index (χ3v) is 5.63. The lowest BCUT2D eigenvalue weighted by atomic mass is 10.3. The molecular formula is C23H18ClN3O2S. The highest BCUT2D eigenvalue weighted by atomic mass is 35.5. The Morgan fingerprint density at radius 2 is 1.70 bits per heavy atom. The van der Waals surface area contributed by atoms with E-state index >= 15 is 0 Å². The second kappa shape index (κ2) is 9.52. The Labute approximate surface area is 183 Å². The van der Waals surface area contributed by atoms with Gasteiger partial charge in [-0.1, -0.05) is 65.8 Å². The molecule has 4 aromatic rings. The first-order chi connectivity index (χ1) is 14.7. The number of amides is 1. The average Bonchev–Trinajstić information content (AvgIpc) is 3.24. The van der Waals surface area contributed by atoms with Crippen LogP contribution < -0.4 is 10.1 Å². The van der Waals surface area contributed by atoms with Crippen LogP contribution in [0.2, 0.25) is 5.02 Å². The van der Waals surface area contributed by atoms with Crippen molar-refractivity contribution in [2.24, 2.45) is 0 Å². The first-order valence-corrected chi connectivity index (χ1v) is 10.4. The zero-order valence-electron chi connectivity index (χ0n) is 15.9. The molecule has 0 radical (unpaired) electrons. The molecule has 3 aromatic carbocycles. The lowest BCUT2D eigenvalue weighted by molar-refractivity contribution is 0.100. The number of halogens is 1. The molecule has 0 aliphatic rings. The number of rotatable bonds is 7. The summed E-state index contributed by atoms with van der Waals surface area (Å²) in [4.78, 5) is 15.0. The van der Waals surface area contributed by atoms with E-state index in [9.17, 15) is 4.79 Å². The van der Waals surface area contributed by atoms with Crippen molar-refractivity contribution >= 4 is 35.0 Å². The van der Waals surface area contributed by atoms with Gasteiger partial charge in [-0.2, -0.15) is 5.10 Å². The molecule has 4 rings (SSSR count). The number of nitrogens with zero attached hydrogens (tertiary/aromatic N) is 2. The molecular weight excluding hydrogens is 418 g/mol. The van der Waals surface area contributed by atoms with Crippen LogP contribution in [-0.2, 0) is 6.73 Å². The third kappa shape index (κ3) is 4.84. The number of carbonyl (C=O) groups excluding carboxylic acids is 1. The maximum atomic E-state index is 12.9. The van der Waals surface area contributed by atoms with Gasteiger partial charge in [0.05, 0.1) is 10.7 Å². The van der Waals surface area contributed by atoms with Crippen molar-refractivity contribution in [3.05, 3.63) is 102 Å². The molecule has 1 aromatic heterocycles. The van der Waals surface area contributed by atoms with Gasteiger partial charge >= 0.3 is 0 Å². The van der Waals surface area contributed by atoms with E-state index in [0.717, 1.165) is 15.5 Å². The minimum Gasteiger partial charge on any atom is -0.470 e. The lowest BCUT2D eigenvalue weighted by Crippen LogP contribution is -2.20. The van der Waals surface area contributed by atoms with Gasteiger partial charge in [0, 0.05) is 16.0 Å². The molecule has 0 aliphatic carbocycles. The first kappa shape index (κ1) is 20.1. The number of hydrogen-bond acceptors (Lipinski definition) is 4. The second-order valence-electron chi connectivity index (χ2n) is 6.29. The average molecular weight is 436 g/mol. The van der Waals surface area contributed by atoms with Gasteiger partial charge in [-0.15, -0.1) is 0 Å². The van der Waals surface area contributed by atoms with Gasteiger partial charge in [0.1, 0.15) is 11.4 Å². The summed E-state index contributed by atoms with van der Waals surface area (Å²) < 4.78 is 7.20. The standard InChI is InChI=1S/C23H18ClN3O2S/c24-18-10-4-6-12-21(18)29-16-27-20(14-15-25-27)23(28)26-19-11-5-7-13-22(19)30-17-8-2-1-3-9-17/h1-15H,16H2,(H,26,28). The molecule has 0 saturated carbocycles. The van der Waals surface area contributed by atoms with E-state index in [1.165, 1.54) is 4.68 Å². The van der Waals surface area contributed by atoms with E-state index < -0.39 is 0 Å². The molecule has 1 amide bonds. The molecule has 30 heavy (non-hydrogen) atoms. The number of nitrogens with one attached hydrogen (secondary N) is 1. The topological polar surface area (TPSA) is 56.2 Å². The first-order valence-electron chi connectivity index (χ1n) is 9.23. The van der Waals surface area contributed by atoms with Gasteiger partial charge < -0.3 is 10.1 Å². The van der Waals surface area contributed by atoms with E-state index in [1.807, 2.05) is 66.7 Å². The van der Waals surface area contributed by atoms with E-state index in [-0.39, 0.29) is 12.6 Å². The summed E-state index contributed by atoms with van der Waals surface area (Å²) in [5.41, 5.74) is 1.12. The monoisotopic (exact) mass is 435 g/mol. The van der Waals surface area contributed by atoms with E-state index in [0.29, 0.717) is 16.5 Å². The van der Waals surface area contributed by atoms with Crippen LogP contribution in [0.15, 0.2) is 101 Å². The van der Waals surface area contributed by atoms with Gasteiger partial charge in [-0.25, -0.2) is 4.68 Å². The predicted octanol–water partition coefficient (Wildman–Crippen LogP) is 5.98. The molecule has 5 nitrogen and oxygen atoms in total. The van der Waals surface area contributed by atoms with Crippen LogP contribution in [0.4, 0.5) is 5.69 Å². The van der Waals surface area contributed by atoms with Gasteiger partial charge in [0.25, 0.3) is 5.91 Å². The van der Waals surface area contributed by atoms with Gasteiger partial charge in [-0.3, -0.25) is 4.79 Å². The fourth-order valence-corrected chi connectivity index (χ4v) is 3.89. The van der Waals surface area contributed by atoms with E-state index in [1.54, 1.807) is 36.2 Å². The Morgan fingerprint density at radius 1 is 0.967 bits per heavy atom. The summed E-state index contributed by atoms with van der Waals surface area (Å²) in [6, 6.07) is 26.5. The molecule has 0 atom stereocenters. The number of carbonyl (C=O) groups is 1. The predicted molar refractivity (Wildman–Crippen MR) is 119 cm³/mol. The van der Waals surface area contributed by atoms with Crippen LogP contribution in [0.25, 0.3) is 0 Å². The fraction of sp³-hybridized carbons (Fsp3) is 0.0435. The van der Waals surface area contributed by atoms with Crippen molar-refractivity contribution in [1.29, 1.82) is 0 Å². The Bertz CT molecular complexity index is 1150. The highest BCUT2D eigenvalue weighted by Crippen LogP contribution is 2.33. The van der Waals surface area contributed by atoms with Crippen molar-refractivity contribution in [3.8, 4) is 5.75 Å². The van der Waals surface area contributed by atoms with E-state index in [2.05, 4.69) is 10.4 Å². The number of aromatic nitrogens is 2. The van der Waals surface area contributed by atoms with Crippen LogP contribution in [0.1, 0.15) is 10.5 Å². The van der Waals surface area contributed by atoms with Crippen molar-refractivity contribution in [3.63, 3.8) is 0 Å². The highest BCUT2D eigenvalue weighted by molar-refractivity contribution is 7.99. The van der Waals surface area contributed by atoms with Crippen molar-refractivity contribution in [2.45, 2.75) is 16.5 Å². The minimum atomic E-state index is -0.267. The zero-order chi connectivity index (χ0) is 20.8. The summed E-state index contributed by atoms with van der Waals surface area (Å²) in [7, 11) is 0. The Balaban J connectivity index is 1.48. The molecule has 1 heterocycles. The molecule has 0 unspecified atom stereocenters. The smallest absolute Gasteiger partial charge is 0.274 e. The molecule has 150 valence electrons. The summed E-state index contributed by atoms with van der Waals surface area (Å²) in [5, 5.41) is 7.68. The number of ether oxygens (including phenoxy) is 1. The van der Waals surface area contributed by atoms with Crippen LogP contribution in [0, 0.1) is 0 Å². The lowest BCUT2D eigenvalue weighted by Gasteiger charge is -2.13. The molecule has 0 spiro atoms. The molecule has 0 aliphatic heterocycles. The largest absolute Gasteiger partial charge is 0.470 e. The molecule has 1 N–H and O–H groups in total. The molecule has 0 bridgehead atoms. The zero-order valence-corrected chi connectivity index (χ0v) is 17.4. The van der Waals surface area contributed by atoms with Crippen LogP contribution in [-0.4, -0.2) is 15.7 Å². The van der Waals surface area contributed by atoms with Gasteiger partial charge in [0.2, 0.25) is 0 Å². The normalized spacial score (nSPS) is 10.6. The van der Waals surface area contributed by atoms with Crippen LogP contribution in [0.3, 0.4) is 0 Å².